The van der Waals surface area contributed by atoms with Gasteiger partial charge in [-0.25, -0.2) is 9.50 Å². The molecule has 11 nitrogen and oxygen atoms in total. The summed E-state index contributed by atoms with van der Waals surface area (Å²) >= 11 is 0. The van der Waals surface area contributed by atoms with E-state index in [-0.39, 0.29) is 6.04 Å². The van der Waals surface area contributed by atoms with Gasteiger partial charge in [-0.1, -0.05) is 16.9 Å². The zero-order chi connectivity index (χ0) is 23.4. The lowest BCUT2D eigenvalue weighted by Crippen LogP contribution is -2.49. The van der Waals surface area contributed by atoms with Gasteiger partial charge in [0.1, 0.15) is 17.6 Å². The molecule has 1 aliphatic rings. The molecule has 0 spiro atoms. The number of ether oxygens (including phenoxy) is 1. The average Bonchev–Trinajstić information content (AvgIpc) is 3.24. The van der Waals surface area contributed by atoms with Gasteiger partial charge < -0.3 is 28.5 Å². The van der Waals surface area contributed by atoms with Gasteiger partial charge in [0, 0.05) is 50.7 Å². The van der Waals surface area contributed by atoms with E-state index in [9.17, 15) is 9.00 Å². The second-order valence-corrected chi connectivity index (χ2v) is 8.66. The number of amides is 1. The molecule has 176 valence electrons. The highest BCUT2D eigenvalue weighted by atomic mass is 32.2. The van der Waals surface area contributed by atoms with Crippen molar-refractivity contribution in [1.29, 1.82) is 0 Å². The van der Waals surface area contributed by atoms with Crippen molar-refractivity contribution in [2.24, 2.45) is 16.0 Å². The summed E-state index contributed by atoms with van der Waals surface area (Å²) in [6.45, 7) is 1.70. The first-order chi connectivity index (χ1) is 16.0. The number of nitrogens with one attached hydrogen (secondary N) is 1. The summed E-state index contributed by atoms with van der Waals surface area (Å²) in [7, 11) is 0.859. The molecule has 0 bridgehead atoms. The minimum absolute atomic E-state index is 0.342. The zero-order valence-corrected chi connectivity index (χ0v) is 19.2. The van der Waals surface area contributed by atoms with Crippen LogP contribution in [-0.2, 0) is 30.6 Å². The van der Waals surface area contributed by atoms with E-state index in [1.807, 2.05) is 36.5 Å². The second-order valence-electron chi connectivity index (χ2n) is 7.71. The highest BCUT2D eigenvalue weighted by Gasteiger charge is 2.31. The summed E-state index contributed by atoms with van der Waals surface area (Å²) in [5.74, 6) is 0.348. The molecule has 1 amide bonds. The molecule has 33 heavy (non-hydrogen) atoms. The number of likely N-dealkylation sites (tertiary alicyclic amines) is 1. The molecule has 4 rings (SSSR count). The molecule has 1 fully saturated rings. The number of fused-ring (bicyclic) bond motifs is 1. The molecule has 0 saturated carbocycles. The fourth-order valence-corrected chi connectivity index (χ4v) is 4.29. The first-order valence-electron chi connectivity index (χ1n) is 10.4. The fourth-order valence-electron chi connectivity index (χ4n) is 3.94. The summed E-state index contributed by atoms with van der Waals surface area (Å²) in [4.78, 5) is 19.0. The van der Waals surface area contributed by atoms with Crippen molar-refractivity contribution in [2.75, 3.05) is 32.6 Å². The highest BCUT2D eigenvalue weighted by molar-refractivity contribution is 7.70. The first-order valence-corrected chi connectivity index (χ1v) is 11.4. The predicted molar refractivity (Wildman–Crippen MR) is 123 cm³/mol. The standard InChI is InChI=1S/C21H26N7O4S/c1-31-16-5-3-4-15(10-16)25-20-19-14(6-9-28(19)24-13-23-20)11-27-8-7-18(22)17(12-27)21(29)26-33(30)32-2/h3-6,9-10,13,17-18H,7-8,11-12,22H2,1-2H3,(H,23,24,25)/q-1/t17-,18+/m0/s1. The summed E-state index contributed by atoms with van der Waals surface area (Å²) in [5.41, 5.74) is 8.84. The zero-order valence-electron chi connectivity index (χ0n) is 18.4. The van der Waals surface area contributed by atoms with Crippen LogP contribution in [0.1, 0.15) is 12.0 Å². The lowest BCUT2D eigenvalue weighted by atomic mass is 9.92. The Balaban J connectivity index is 1.56. The molecule has 0 radical (unpaired) electrons. The van der Waals surface area contributed by atoms with Gasteiger partial charge in [0.15, 0.2) is 5.82 Å². The molecule has 1 saturated heterocycles. The van der Waals surface area contributed by atoms with Crippen molar-refractivity contribution >= 4 is 33.8 Å². The van der Waals surface area contributed by atoms with Gasteiger partial charge in [0.2, 0.25) is 5.91 Å². The Morgan fingerprint density at radius 1 is 1.36 bits per heavy atom. The van der Waals surface area contributed by atoms with E-state index in [1.54, 1.807) is 11.6 Å². The van der Waals surface area contributed by atoms with Crippen LogP contribution < -0.4 is 15.8 Å². The predicted octanol–water partition coefficient (Wildman–Crippen LogP) is 1.87. The van der Waals surface area contributed by atoms with E-state index in [0.717, 1.165) is 29.1 Å². The lowest BCUT2D eigenvalue weighted by molar-refractivity contribution is -0.123. The second kappa shape index (κ2) is 10.3. The van der Waals surface area contributed by atoms with Crippen LogP contribution in [0.3, 0.4) is 0 Å². The Bertz CT molecular complexity index is 1220. The number of rotatable bonds is 7. The Kier molecular flexibility index (Phi) is 7.18. The number of nitrogens with two attached hydrogens (primary N) is 1. The topological polar surface area (TPSA) is 136 Å². The molecule has 1 aliphatic heterocycles. The van der Waals surface area contributed by atoms with E-state index in [0.29, 0.717) is 25.3 Å². The summed E-state index contributed by atoms with van der Waals surface area (Å²) < 4.78 is 26.7. The minimum atomic E-state index is -2.00. The minimum Gasteiger partial charge on any atom is -0.497 e. The third kappa shape index (κ3) is 5.30. The molecule has 3 N–H and O–H groups in total. The van der Waals surface area contributed by atoms with Crippen molar-refractivity contribution in [3.05, 3.63) is 48.4 Å². The lowest BCUT2D eigenvalue weighted by Gasteiger charge is -2.35. The molecule has 2 atom stereocenters. The molecule has 2 aromatic heterocycles. The Hall–Kier alpha value is -3.06. The number of carbonyl (C=O) groups is 1. The van der Waals surface area contributed by atoms with Crippen molar-refractivity contribution in [2.45, 2.75) is 19.0 Å². The van der Waals surface area contributed by atoms with Gasteiger partial charge in [-0.2, -0.15) is 5.10 Å². The molecule has 3 heterocycles. The number of nitrogens with zero attached hydrogens (tertiary/aromatic N) is 5. The van der Waals surface area contributed by atoms with Crippen LogP contribution >= 0.6 is 0 Å². The Morgan fingerprint density at radius 3 is 3.00 bits per heavy atom. The third-order valence-electron chi connectivity index (χ3n) is 5.64. The van der Waals surface area contributed by atoms with Gasteiger partial charge in [0.25, 0.3) is 0 Å². The number of methoxy groups -OCH3 is 1. The van der Waals surface area contributed by atoms with Crippen molar-refractivity contribution in [3.8, 4) is 5.75 Å². The smallest absolute Gasteiger partial charge is 0.230 e. The third-order valence-corrected chi connectivity index (χ3v) is 6.25. The quantitative estimate of drug-likeness (QED) is 0.494. The summed E-state index contributed by atoms with van der Waals surface area (Å²) in [6, 6.07) is 9.23. The highest BCUT2D eigenvalue weighted by Crippen LogP contribution is 2.27. The fraction of sp³-hybridized carbons (Fsp3) is 0.381. The van der Waals surface area contributed by atoms with Crippen molar-refractivity contribution < 1.29 is 17.9 Å². The first kappa shape index (κ1) is 23.1. The van der Waals surface area contributed by atoms with Crippen LogP contribution in [0.15, 0.2) is 47.2 Å². The van der Waals surface area contributed by atoms with Crippen molar-refractivity contribution in [3.63, 3.8) is 0 Å². The number of aromatic nitrogens is 3. The van der Waals surface area contributed by atoms with Gasteiger partial charge in [-0.3, -0.25) is 9.69 Å². The maximum Gasteiger partial charge on any atom is 0.230 e. The number of hydrogen-bond donors (Lipinski definition) is 2. The van der Waals surface area contributed by atoms with Crippen LogP contribution in [0.5, 0.6) is 5.75 Å². The van der Waals surface area contributed by atoms with Crippen LogP contribution in [-0.4, -0.2) is 58.8 Å². The normalized spacial score (nSPS) is 20.1. The van der Waals surface area contributed by atoms with Gasteiger partial charge in [0.05, 0.1) is 13.0 Å². The van der Waals surface area contributed by atoms with E-state index in [2.05, 4.69) is 28.8 Å². The maximum atomic E-state index is 12.5. The maximum absolute atomic E-state index is 12.5. The van der Waals surface area contributed by atoms with Crippen LogP contribution in [0, 0.1) is 5.92 Å². The van der Waals surface area contributed by atoms with Gasteiger partial charge >= 0.3 is 0 Å². The van der Waals surface area contributed by atoms with Crippen LogP contribution in [0.2, 0.25) is 0 Å². The molecule has 0 aliphatic carbocycles. The number of hydrogen-bond acceptors (Lipinski definition) is 10. The van der Waals surface area contributed by atoms with Crippen LogP contribution in [0.4, 0.5) is 11.5 Å². The molecular weight excluding hydrogens is 446 g/mol. The Morgan fingerprint density at radius 2 is 2.21 bits per heavy atom. The molecule has 1 aromatic carbocycles. The SMILES string of the molecule is COc1cccc(Nc2ncnn3ccc(CN4CC[C@@H](N)[C@@H](C(=O)N=[S-](=O)OC)C4)c23)c1. The summed E-state index contributed by atoms with van der Waals surface area (Å²) in [6.07, 6.45) is 3.99. The van der Waals surface area contributed by atoms with Gasteiger partial charge in [-0.05, 0) is 30.2 Å². The van der Waals surface area contributed by atoms with E-state index in [4.69, 9.17) is 10.5 Å². The number of carbonyl (C=O) groups excluding carboxylic acids is 1. The number of benzene rings is 1. The van der Waals surface area contributed by atoms with E-state index >= 15 is 0 Å². The largest absolute Gasteiger partial charge is 0.497 e. The van der Waals surface area contributed by atoms with E-state index < -0.39 is 22.7 Å². The number of piperidine rings is 1. The molecule has 12 heteroatoms. The molecule has 3 aromatic rings. The summed E-state index contributed by atoms with van der Waals surface area (Å²) in [5, 5.41) is 7.65. The van der Waals surface area contributed by atoms with Gasteiger partial charge in [-0.15, -0.1) is 0 Å². The monoisotopic (exact) mass is 472 g/mol. The van der Waals surface area contributed by atoms with Crippen LogP contribution in [0.25, 0.3) is 5.52 Å². The molecular formula is C21H26N7O4S-. The van der Waals surface area contributed by atoms with E-state index in [1.165, 1.54) is 13.4 Å². The average molecular weight is 473 g/mol. The van der Waals surface area contributed by atoms with Crippen molar-refractivity contribution in [1.82, 2.24) is 19.5 Å². The number of anilines is 2. The Labute approximate surface area is 193 Å². The molecule has 0 unspecified atom stereocenters.